The van der Waals surface area contributed by atoms with E-state index in [0.717, 1.165) is 5.75 Å². The first-order valence-electron chi connectivity index (χ1n) is 8.22. The summed E-state index contributed by atoms with van der Waals surface area (Å²) in [6.45, 7) is 2.45. The van der Waals surface area contributed by atoms with Crippen LogP contribution in [0.3, 0.4) is 0 Å². The summed E-state index contributed by atoms with van der Waals surface area (Å²) in [5.41, 5.74) is 1.86. The third kappa shape index (κ3) is 5.95. The van der Waals surface area contributed by atoms with E-state index < -0.39 is 12.0 Å². The van der Waals surface area contributed by atoms with Gasteiger partial charge >= 0.3 is 5.97 Å². The van der Waals surface area contributed by atoms with E-state index >= 15 is 0 Å². The van der Waals surface area contributed by atoms with Gasteiger partial charge in [0.1, 0.15) is 5.75 Å². The van der Waals surface area contributed by atoms with Gasteiger partial charge in [0.05, 0.1) is 13.7 Å². The second kappa shape index (κ2) is 9.47. The summed E-state index contributed by atoms with van der Waals surface area (Å²) in [4.78, 5) is 24.1. The molecule has 2 aromatic rings. The molecule has 5 nitrogen and oxygen atoms in total. The molecule has 132 valence electrons. The number of rotatable bonds is 8. The Balaban J connectivity index is 1.81. The number of amides is 1. The van der Waals surface area contributed by atoms with Gasteiger partial charge in [0.15, 0.2) is 6.04 Å². The molecule has 0 aliphatic carbocycles. The summed E-state index contributed by atoms with van der Waals surface area (Å²) in [6.07, 6.45) is 0.828. The van der Waals surface area contributed by atoms with Crippen LogP contribution in [0.15, 0.2) is 54.6 Å². The lowest BCUT2D eigenvalue weighted by Crippen LogP contribution is -2.34. The van der Waals surface area contributed by atoms with E-state index in [1.165, 1.54) is 12.7 Å². The molecule has 0 spiro atoms. The molecule has 0 aromatic heterocycles. The smallest absolute Gasteiger partial charge is 0.333 e. The van der Waals surface area contributed by atoms with E-state index in [-0.39, 0.29) is 12.3 Å². The maximum absolute atomic E-state index is 12.1. The van der Waals surface area contributed by atoms with Crippen molar-refractivity contribution in [1.82, 2.24) is 5.32 Å². The fraction of sp³-hybridized carbons (Fsp3) is 0.300. The zero-order valence-corrected chi connectivity index (χ0v) is 14.5. The van der Waals surface area contributed by atoms with Gasteiger partial charge in [0.2, 0.25) is 5.91 Å². The minimum atomic E-state index is -0.795. The van der Waals surface area contributed by atoms with Crippen LogP contribution in [0.4, 0.5) is 0 Å². The van der Waals surface area contributed by atoms with E-state index in [4.69, 9.17) is 9.47 Å². The second-order valence-corrected chi connectivity index (χ2v) is 5.70. The highest BCUT2D eigenvalue weighted by molar-refractivity contribution is 5.85. The van der Waals surface area contributed by atoms with Gasteiger partial charge in [-0.05, 0) is 31.0 Å². The van der Waals surface area contributed by atoms with Gasteiger partial charge in [-0.25, -0.2) is 4.79 Å². The third-order valence-corrected chi connectivity index (χ3v) is 3.71. The third-order valence-electron chi connectivity index (χ3n) is 3.71. The maximum atomic E-state index is 12.1. The molecule has 1 atom stereocenters. The van der Waals surface area contributed by atoms with Crippen LogP contribution in [0.25, 0.3) is 0 Å². The van der Waals surface area contributed by atoms with Crippen LogP contribution in [-0.4, -0.2) is 25.6 Å². The fourth-order valence-corrected chi connectivity index (χ4v) is 2.33. The maximum Gasteiger partial charge on any atom is 0.333 e. The molecular weight excluding hydrogens is 318 g/mol. The number of benzene rings is 2. The molecule has 2 aromatic carbocycles. The van der Waals surface area contributed by atoms with Gasteiger partial charge < -0.3 is 14.8 Å². The van der Waals surface area contributed by atoms with Crippen molar-refractivity contribution in [3.63, 3.8) is 0 Å². The molecule has 0 radical (unpaired) electrons. The summed E-state index contributed by atoms with van der Waals surface area (Å²) in [5, 5.41) is 2.72. The minimum Gasteiger partial charge on any atom is -0.494 e. The molecule has 0 fully saturated rings. The summed E-state index contributed by atoms with van der Waals surface area (Å²) in [6, 6.07) is 16.0. The molecule has 0 aliphatic heterocycles. The van der Waals surface area contributed by atoms with Crippen molar-refractivity contribution in [2.45, 2.75) is 25.8 Å². The molecule has 25 heavy (non-hydrogen) atoms. The van der Waals surface area contributed by atoms with Gasteiger partial charge in [0, 0.05) is 6.42 Å². The van der Waals surface area contributed by atoms with E-state index in [2.05, 4.69) is 5.32 Å². The lowest BCUT2D eigenvalue weighted by Gasteiger charge is -2.17. The lowest BCUT2D eigenvalue weighted by atomic mass is 10.1. The van der Waals surface area contributed by atoms with Gasteiger partial charge in [-0.1, -0.05) is 48.0 Å². The van der Waals surface area contributed by atoms with Crippen LogP contribution in [0.1, 0.15) is 30.0 Å². The molecule has 0 bridgehead atoms. The van der Waals surface area contributed by atoms with Gasteiger partial charge in [-0.2, -0.15) is 0 Å². The lowest BCUT2D eigenvalue weighted by molar-refractivity contribution is -0.145. The molecule has 0 saturated heterocycles. The Hall–Kier alpha value is -2.82. The highest BCUT2D eigenvalue weighted by atomic mass is 16.5. The summed E-state index contributed by atoms with van der Waals surface area (Å²) >= 11 is 0. The van der Waals surface area contributed by atoms with Crippen LogP contribution in [-0.2, 0) is 14.3 Å². The average molecular weight is 341 g/mol. The molecule has 0 heterocycles. The second-order valence-electron chi connectivity index (χ2n) is 5.70. The molecule has 1 unspecified atom stereocenters. The fourth-order valence-electron chi connectivity index (χ4n) is 2.33. The van der Waals surface area contributed by atoms with E-state index in [9.17, 15) is 9.59 Å². The summed E-state index contributed by atoms with van der Waals surface area (Å²) in [5.74, 6) is 0.0740. The van der Waals surface area contributed by atoms with Crippen molar-refractivity contribution in [2.24, 2.45) is 0 Å². The molecule has 5 heteroatoms. The van der Waals surface area contributed by atoms with Crippen molar-refractivity contribution >= 4 is 11.9 Å². The van der Waals surface area contributed by atoms with Gasteiger partial charge in [0.25, 0.3) is 0 Å². The van der Waals surface area contributed by atoms with E-state index in [1.54, 1.807) is 12.1 Å². The number of aryl methyl sites for hydroxylation is 1. The van der Waals surface area contributed by atoms with E-state index in [0.29, 0.717) is 18.6 Å². The van der Waals surface area contributed by atoms with Crippen molar-refractivity contribution < 1.29 is 19.1 Å². The Kier molecular flexibility index (Phi) is 7.01. The predicted octanol–water partition coefficient (Wildman–Crippen LogP) is 3.18. The Bertz CT molecular complexity index is 683. The minimum absolute atomic E-state index is 0.216. The van der Waals surface area contributed by atoms with E-state index in [1.807, 2.05) is 49.4 Å². The van der Waals surface area contributed by atoms with Crippen LogP contribution >= 0.6 is 0 Å². The summed E-state index contributed by atoms with van der Waals surface area (Å²) in [7, 11) is 1.31. The number of nitrogens with one attached hydrogen (secondary N) is 1. The van der Waals surface area contributed by atoms with Crippen molar-refractivity contribution in [3.05, 3.63) is 65.7 Å². The zero-order valence-electron chi connectivity index (χ0n) is 14.5. The largest absolute Gasteiger partial charge is 0.494 e. The summed E-state index contributed by atoms with van der Waals surface area (Å²) < 4.78 is 10.4. The number of hydrogen-bond donors (Lipinski definition) is 1. The highest BCUT2D eigenvalue weighted by Crippen LogP contribution is 2.15. The highest BCUT2D eigenvalue weighted by Gasteiger charge is 2.22. The quantitative estimate of drug-likeness (QED) is 0.592. The number of carbonyl (C=O) groups is 2. The monoisotopic (exact) mass is 341 g/mol. The predicted molar refractivity (Wildman–Crippen MR) is 95.2 cm³/mol. The van der Waals surface area contributed by atoms with Crippen LogP contribution in [0.5, 0.6) is 5.75 Å². The average Bonchev–Trinajstić information content (AvgIpc) is 2.65. The van der Waals surface area contributed by atoms with Gasteiger partial charge in [-0.3, -0.25) is 4.79 Å². The van der Waals surface area contributed by atoms with Crippen molar-refractivity contribution in [2.75, 3.05) is 13.7 Å². The first kappa shape index (κ1) is 18.5. The molecular formula is C20H23NO4. The SMILES string of the molecule is COC(=O)C(NC(=O)CCCOc1ccc(C)cc1)c1ccccc1. The Morgan fingerprint density at radius 1 is 1.04 bits per heavy atom. The number of esters is 1. The number of ether oxygens (including phenoxy) is 2. The Labute approximate surface area is 148 Å². The molecule has 0 aliphatic rings. The molecule has 0 saturated carbocycles. The van der Waals surface area contributed by atoms with Crippen LogP contribution in [0, 0.1) is 6.92 Å². The zero-order chi connectivity index (χ0) is 18.1. The normalized spacial score (nSPS) is 11.4. The molecule has 1 N–H and O–H groups in total. The number of carbonyl (C=O) groups excluding carboxylic acids is 2. The standard InChI is InChI=1S/C20H23NO4/c1-15-10-12-17(13-11-15)25-14-6-9-18(22)21-19(20(23)24-2)16-7-4-3-5-8-16/h3-5,7-8,10-13,19H,6,9,14H2,1-2H3,(H,21,22). The number of hydrogen-bond acceptors (Lipinski definition) is 4. The Morgan fingerprint density at radius 3 is 2.36 bits per heavy atom. The molecule has 1 amide bonds. The number of methoxy groups -OCH3 is 1. The Morgan fingerprint density at radius 2 is 1.72 bits per heavy atom. The first-order chi connectivity index (χ1) is 12.1. The van der Waals surface area contributed by atoms with Crippen LogP contribution in [0.2, 0.25) is 0 Å². The van der Waals surface area contributed by atoms with Crippen molar-refractivity contribution in [3.8, 4) is 5.75 Å². The van der Waals surface area contributed by atoms with Gasteiger partial charge in [-0.15, -0.1) is 0 Å². The van der Waals surface area contributed by atoms with Crippen LogP contribution < -0.4 is 10.1 Å². The first-order valence-corrected chi connectivity index (χ1v) is 8.22. The van der Waals surface area contributed by atoms with Crippen molar-refractivity contribution in [1.29, 1.82) is 0 Å². The molecule has 2 rings (SSSR count). The topological polar surface area (TPSA) is 64.6 Å².